The lowest BCUT2D eigenvalue weighted by atomic mass is 10.2. The number of ether oxygens (including phenoxy) is 1. The van der Waals surface area contributed by atoms with E-state index in [-0.39, 0.29) is 24.1 Å². The molecular formula is C21H19FN2O3S. The molecule has 1 heterocycles. The zero-order chi connectivity index (χ0) is 19.9. The number of nitrogens with one attached hydrogen (secondary N) is 1. The molecular weight excluding hydrogens is 379 g/mol. The van der Waals surface area contributed by atoms with Crippen molar-refractivity contribution >= 4 is 28.9 Å². The second kappa shape index (κ2) is 9.23. The Hall–Kier alpha value is -3.06. The maximum Gasteiger partial charge on any atom is 0.338 e. The summed E-state index contributed by atoms with van der Waals surface area (Å²) < 4.78 is 18.4. The number of rotatable bonds is 7. The van der Waals surface area contributed by atoms with Crippen molar-refractivity contribution < 1.29 is 18.7 Å². The van der Waals surface area contributed by atoms with Gasteiger partial charge in [-0.3, -0.25) is 4.79 Å². The summed E-state index contributed by atoms with van der Waals surface area (Å²) in [6, 6.07) is 12.7. The Labute approximate surface area is 166 Å². The zero-order valence-corrected chi connectivity index (χ0v) is 16.1. The summed E-state index contributed by atoms with van der Waals surface area (Å²) >= 11 is 1.36. The minimum atomic E-state index is -0.382. The van der Waals surface area contributed by atoms with Gasteiger partial charge < -0.3 is 10.1 Å². The molecule has 5 nitrogen and oxygen atoms in total. The first-order valence-electron chi connectivity index (χ1n) is 8.82. The monoisotopic (exact) mass is 398 g/mol. The normalized spacial score (nSPS) is 10.5. The Balaban J connectivity index is 1.58. The van der Waals surface area contributed by atoms with Gasteiger partial charge in [-0.15, -0.1) is 11.3 Å². The largest absolute Gasteiger partial charge is 0.462 e. The van der Waals surface area contributed by atoms with E-state index in [1.165, 1.54) is 23.5 Å². The van der Waals surface area contributed by atoms with Gasteiger partial charge >= 0.3 is 5.97 Å². The summed E-state index contributed by atoms with van der Waals surface area (Å²) in [6.45, 7) is 2.30. The highest BCUT2D eigenvalue weighted by Gasteiger charge is 2.11. The third-order valence-corrected chi connectivity index (χ3v) is 4.75. The standard InChI is InChI=1S/C21H19FN2O3S/c1-2-10-27-21(26)14-6-8-17(9-7-14)23-19(25)12-18-13-28-20(24-18)15-4-3-5-16(22)11-15/h3-9,11,13H,2,10,12H2,1H3,(H,23,25). The lowest BCUT2D eigenvalue weighted by molar-refractivity contribution is -0.115. The molecule has 7 heteroatoms. The van der Waals surface area contributed by atoms with E-state index >= 15 is 0 Å². The van der Waals surface area contributed by atoms with Crippen LogP contribution in [0.3, 0.4) is 0 Å². The summed E-state index contributed by atoms with van der Waals surface area (Å²) in [5.41, 5.74) is 2.31. The van der Waals surface area contributed by atoms with Crippen molar-refractivity contribution in [1.82, 2.24) is 4.98 Å². The van der Waals surface area contributed by atoms with Gasteiger partial charge in [0.1, 0.15) is 10.8 Å². The maximum atomic E-state index is 13.3. The molecule has 0 fully saturated rings. The van der Waals surface area contributed by atoms with E-state index in [0.717, 1.165) is 6.42 Å². The number of amides is 1. The molecule has 0 aliphatic carbocycles. The zero-order valence-electron chi connectivity index (χ0n) is 15.3. The minimum Gasteiger partial charge on any atom is -0.462 e. The second-order valence-corrected chi connectivity index (χ2v) is 6.95. The quantitative estimate of drug-likeness (QED) is 0.586. The highest BCUT2D eigenvalue weighted by atomic mass is 32.1. The van der Waals surface area contributed by atoms with Crippen LogP contribution in [-0.2, 0) is 16.0 Å². The Bertz CT molecular complexity index is 970. The van der Waals surface area contributed by atoms with Gasteiger partial charge in [0.15, 0.2) is 0 Å². The molecule has 144 valence electrons. The highest BCUT2D eigenvalue weighted by Crippen LogP contribution is 2.24. The van der Waals surface area contributed by atoms with E-state index in [9.17, 15) is 14.0 Å². The molecule has 0 aliphatic heterocycles. The molecule has 0 radical (unpaired) electrons. The molecule has 1 amide bonds. The van der Waals surface area contributed by atoms with E-state index in [1.807, 2.05) is 6.92 Å². The van der Waals surface area contributed by atoms with Gasteiger partial charge in [-0.2, -0.15) is 0 Å². The molecule has 1 N–H and O–H groups in total. The number of thiazole rings is 1. The van der Waals surface area contributed by atoms with Gasteiger partial charge in [-0.25, -0.2) is 14.2 Å². The van der Waals surface area contributed by atoms with Gasteiger partial charge in [0, 0.05) is 16.6 Å². The minimum absolute atomic E-state index is 0.103. The fourth-order valence-corrected chi connectivity index (χ4v) is 3.30. The summed E-state index contributed by atoms with van der Waals surface area (Å²) in [5.74, 6) is -0.932. The van der Waals surface area contributed by atoms with Crippen molar-refractivity contribution in [2.24, 2.45) is 0 Å². The van der Waals surface area contributed by atoms with Crippen LogP contribution in [0, 0.1) is 5.82 Å². The predicted octanol–water partition coefficient (Wildman–Crippen LogP) is 4.70. The van der Waals surface area contributed by atoms with Crippen molar-refractivity contribution in [3.63, 3.8) is 0 Å². The van der Waals surface area contributed by atoms with Crippen molar-refractivity contribution in [1.29, 1.82) is 0 Å². The SMILES string of the molecule is CCCOC(=O)c1ccc(NC(=O)Cc2csc(-c3cccc(F)c3)n2)cc1. The molecule has 0 saturated carbocycles. The predicted molar refractivity (Wildman–Crippen MR) is 107 cm³/mol. The van der Waals surface area contributed by atoms with Crippen molar-refractivity contribution in [2.75, 3.05) is 11.9 Å². The van der Waals surface area contributed by atoms with E-state index in [0.29, 0.717) is 34.1 Å². The van der Waals surface area contributed by atoms with Crippen molar-refractivity contribution in [2.45, 2.75) is 19.8 Å². The van der Waals surface area contributed by atoms with Gasteiger partial charge in [-0.1, -0.05) is 19.1 Å². The topological polar surface area (TPSA) is 68.3 Å². The number of nitrogens with zero attached hydrogens (tertiary/aromatic N) is 1. The fourth-order valence-electron chi connectivity index (χ4n) is 2.48. The number of halogens is 1. The Kier molecular flexibility index (Phi) is 6.49. The van der Waals surface area contributed by atoms with Crippen LogP contribution in [0.4, 0.5) is 10.1 Å². The van der Waals surface area contributed by atoms with Gasteiger partial charge in [-0.05, 0) is 42.8 Å². The number of hydrogen-bond donors (Lipinski definition) is 1. The molecule has 0 unspecified atom stereocenters. The van der Waals surface area contributed by atoms with E-state index in [1.54, 1.807) is 41.8 Å². The number of esters is 1. The van der Waals surface area contributed by atoms with Crippen LogP contribution in [-0.4, -0.2) is 23.5 Å². The summed E-state index contributed by atoms with van der Waals surface area (Å²) in [7, 11) is 0. The van der Waals surface area contributed by atoms with Crippen LogP contribution >= 0.6 is 11.3 Å². The third-order valence-electron chi connectivity index (χ3n) is 3.81. The van der Waals surface area contributed by atoms with Crippen LogP contribution in [0.25, 0.3) is 10.6 Å². The van der Waals surface area contributed by atoms with Crippen LogP contribution in [0.15, 0.2) is 53.9 Å². The van der Waals surface area contributed by atoms with E-state index < -0.39 is 0 Å². The number of anilines is 1. The summed E-state index contributed by atoms with van der Waals surface area (Å²) in [6.07, 6.45) is 0.865. The van der Waals surface area contributed by atoms with E-state index in [2.05, 4.69) is 10.3 Å². The summed E-state index contributed by atoms with van der Waals surface area (Å²) in [5, 5.41) is 5.22. The maximum absolute atomic E-state index is 13.3. The molecule has 0 atom stereocenters. The Morgan fingerprint density at radius 1 is 1.18 bits per heavy atom. The average molecular weight is 398 g/mol. The smallest absolute Gasteiger partial charge is 0.338 e. The van der Waals surface area contributed by atoms with Crippen molar-refractivity contribution in [3.8, 4) is 10.6 Å². The van der Waals surface area contributed by atoms with Gasteiger partial charge in [0.25, 0.3) is 0 Å². The van der Waals surface area contributed by atoms with Crippen LogP contribution in [0.1, 0.15) is 29.4 Å². The highest BCUT2D eigenvalue weighted by molar-refractivity contribution is 7.13. The average Bonchev–Trinajstić information content (AvgIpc) is 3.15. The van der Waals surface area contributed by atoms with Crippen LogP contribution in [0.5, 0.6) is 0 Å². The number of carbonyl (C=O) groups excluding carboxylic acids is 2. The Morgan fingerprint density at radius 2 is 1.96 bits per heavy atom. The lowest BCUT2D eigenvalue weighted by Gasteiger charge is -2.06. The fraction of sp³-hybridized carbons (Fsp3) is 0.190. The van der Waals surface area contributed by atoms with Crippen LogP contribution in [0.2, 0.25) is 0 Å². The number of carbonyl (C=O) groups is 2. The molecule has 3 rings (SSSR count). The first-order chi connectivity index (χ1) is 13.5. The number of aromatic nitrogens is 1. The molecule has 0 saturated heterocycles. The summed E-state index contributed by atoms with van der Waals surface area (Å²) in [4.78, 5) is 28.4. The third kappa shape index (κ3) is 5.23. The first-order valence-corrected chi connectivity index (χ1v) is 9.70. The van der Waals surface area contributed by atoms with Crippen LogP contribution < -0.4 is 5.32 Å². The molecule has 0 bridgehead atoms. The molecule has 3 aromatic rings. The molecule has 0 aliphatic rings. The molecule has 1 aromatic heterocycles. The number of benzene rings is 2. The molecule has 28 heavy (non-hydrogen) atoms. The van der Waals surface area contributed by atoms with Gasteiger partial charge in [0.2, 0.25) is 5.91 Å². The lowest BCUT2D eigenvalue weighted by Crippen LogP contribution is -2.14. The molecule has 0 spiro atoms. The van der Waals surface area contributed by atoms with Crippen molar-refractivity contribution in [3.05, 3.63) is 71.0 Å². The van der Waals surface area contributed by atoms with Gasteiger partial charge in [0.05, 0.1) is 24.3 Å². The Morgan fingerprint density at radius 3 is 2.68 bits per heavy atom. The number of hydrogen-bond acceptors (Lipinski definition) is 5. The second-order valence-electron chi connectivity index (χ2n) is 6.09. The molecule has 2 aromatic carbocycles. The van der Waals surface area contributed by atoms with E-state index in [4.69, 9.17) is 4.74 Å². The first kappa shape index (κ1) is 19.7.